The fourth-order valence-electron chi connectivity index (χ4n) is 3.75. The molecule has 1 aliphatic carbocycles. The smallest absolute Gasteiger partial charge is 0.193 e. The molecule has 2 N–H and O–H groups in total. The molecule has 2 heterocycles. The van der Waals surface area contributed by atoms with Crippen molar-refractivity contribution in [3.8, 4) is 11.5 Å². The number of aryl methyl sites for hydroxylation is 1. The van der Waals surface area contributed by atoms with Gasteiger partial charge in [0.05, 0.1) is 5.56 Å². The van der Waals surface area contributed by atoms with E-state index >= 15 is 0 Å². The predicted molar refractivity (Wildman–Crippen MR) is 109 cm³/mol. The summed E-state index contributed by atoms with van der Waals surface area (Å²) in [5, 5.41) is 0. The number of hydrogen-bond acceptors (Lipinski definition) is 7. The van der Waals surface area contributed by atoms with Crippen molar-refractivity contribution < 1.29 is 18.7 Å². The van der Waals surface area contributed by atoms with E-state index in [1.165, 1.54) is 13.0 Å². The molecule has 4 rings (SSSR count). The summed E-state index contributed by atoms with van der Waals surface area (Å²) in [5.74, 6) is -0.276. The summed E-state index contributed by atoms with van der Waals surface area (Å²) in [6.07, 6.45) is 1.79. The van der Waals surface area contributed by atoms with Gasteiger partial charge in [0, 0.05) is 29.0 Å². The van der Waals surface area contributed by atoms with Crippen LogP contribution in [0.15, 0.2) is 21.3 Å². The van der Waals surface area contributed by atoms with Crippen LogP contribution >= 0.6 is 0 Å². The first-order valence-corrected chi connectivity index (χ1v) is 9.63. The standard InChI is InChI=1S/C22H22N2O5/c1-10-15(23)8-13(12(3)25)18-21(10)29-22-11(2)16(26)9-14(19(22)24-18)20(27)17-6-4-5-7-28-17/h8-9,17H,4-7,23H2,1-3H3/t17-/m0/s1. The second kappa shape index (κ2) is 7.08. The molecule has 0 saturated carbocycles. The molecule has 7 heteroatoms. The van der Waals surface area contributed by atoms with Crippen LogP contribution < -0.4 is 11.2 Å². The Labute approximate surface area is 167 Å². The van der Waals surface area contributed by atoms with Gasteiger partial charge in [0.15, 0.2) is 28.3 Å². The Balaban J connectivity index is 2.06. The van der Waals surface area contributed by atoms with Crippen LogP contribution in [0, 0.1) is 13.8 Å². The second-order valence-corrected chi connectivity index (χ2v) is 7.53. The molecule has 1 aromatic rings. The highest BCUT2D eigenvalue weighted by molar-refractivity contribution is 6.09. The van der Waals surface area contributed by atoms with Crippen LogP contribution in [0.3, 0.4) is 0 Å². The molecule has 1 fully saturated rings. The molecule has 1 saturated heterocycles. The van der Waals surface area contributed by atoms with Gasteiger partial charge in [-0.3, -0.25) is 14.4 Å². The van der Waals surface area contributed by atoms with Crippen LogP contribution in [0.4, 0.5) is 5.69 Å². The number of carbonyl (C=O) groups excluding carboxylic acids is 2. The molecule has 0 unspecified atom stereocenters. The van der Waals surface area contributed by atoms with Crippen molar-refractivity contribution in [2.75, 3.05) is 12.3 Å². The number of hydrogen-bond donors (Lipinski definition) is 1. The maximum Gasteiger partial charge on any atom is 0.193 e. The van der Waals surface area contributed by atoms with Gasteiger partial charge < -0.3 is 14.9 Å². The molecule has 0 radical (unpaired) electrons. The Morgan fingerprint density at radius 1 is 1.14 bits per heavy atom. The molecule has 0 spiro atoms. The zero-order chi connectivity index (χ0) is 20.9. The Morgan fingerprint density at radius 2 is 1.90 bits per heavy atom. The van der Waals surface area contributed by atoms with Gasteiger partial charge in [-0.1, -0.05) is 0 Å². The number of nitrogen functional groups attached to an aromatic ring is 1. The average molecular weight is 394 g/mol. The number of aromatic nitrogens is 1. The number of ether oxygens (including phenoxy) is 1. The van der Waals surface area contributed by atoms with Gasteiger partial charge in [0.2, 0.25) is 0 Å². The highest BCUT2D eigenvalue weighted by atomic mass is 16.5. The fourth-order valence-corrected chi connectivity index (χ4v) is 3.75. The Kier molecular flexibility index (Phi) is 4.70. The van der Waals surface area contributed by atoms with Crippen LogP contribution in [0.2, 0.25) is 0 Å². The van der Waals surface area contributed by atoms with Crippen molar-refractivity contribution in [1.29, 1.82) is 0 Å². The molecular weight excluding hydrogens is 372 g/mol. The van der Waals surface area contributed by atoms with Gasteiger partial charge in [0.25, 0.3) is 0 Å². The van der Waals surface area contributed by atoms with Gasteiger partial charge >= 0.3 is 0 Å². The van der Waals surface area contributed by atoms with Crippen LogP contribution in [-0.2, 0) is 4.74 Å². The van der Waals surface area contributed by atoms with Gasteiger partial charge in [0.1, 0.15) is 17.3 Å². The summed E-state index contributed by atoms with van der Waals surface area (Å²) in [4.78, 5) is 42.5. The molecule has 29 heavy (non-hydrogen) atoms. The lowest BCUT2D eigenvalue weighted by atomic mass is 9.94. The van der Waals surface area contributed by atoms with E-state index in [9.17, 15) is 14.4 Å². The first kappa shape index (κ1) is 19.3. The van der Waals surface area contributed by atoms with E-state index in [1.54, 1.807) is 19.9 Å². The lowest BCUT2D eigenvalue weighted by molar-refractivity contribution is 0.0186. The number of nitrogens with two attached hydrogens (primary N) is 1. The lowest BCUT2D eigenvalue weighted by Crippen LogP contribution is -2.30. The zero-order valence-electron chi connectivity index (χ0n) is 16.6. The lowest BCUT2D eigenvalue weighted by Gasteiger charge is -2.22. The Hall–Kier alpha value is -3.06. The van der Waals surface area contributed by atoms with Crippen LogP contribution in [0.5, 0.6) is 0 Å². The van der Waals surface area contributed by atoms with Crippen molar-refractivity contribution in [1.82, 2.24) is 4.98 Å². The van der Waals surface area contributed by atoms with Crippen LogP contribution in [-0.4, -0.2) is 29.3 Å². The molecule has 0 bridgehead atoms. The van der Waals surface area contributed by atoms with Gasteiger partial charge in [-0.25, -0.2) is 4.98 Å². The maximum absolute atomic E-state index is 13.1. The van der Waals surface area contributed by atoms with Crippen molar-refractivity contribution in [3.05, 3.63) is 44.6 Å². The maximum atomic E-state index is 13.1. The van der Waals surface area contributed by atoms with E-state index in [1.807, 2.05) is 0 Å². The summed E-state index contributed by atoms with van der Waals surface area (Å²) in [7, 11) is 0. The van der Waals surface area contributed by atoms with Crippen molar-refractivity contribution >= 4 is 28.4 Å². The van der Waals surface area contributed by atoms with Gasteiger partial charge in [-0.05, 0) is 52.2 Å². The summed E-state index contributed by atoms with van der Waals surface area (Å²) < 4.78 is 11.7. The van der Waals surface area contributed by atoms with Gasteiger partial charge in [-0.15, -0.1) is 0 Å². The molecule has 7 nitrogen and oxygen atoms in total. The second-order valence-electron chi connectivity index (χ2n) is 7.53. The average Bonchev–Trinajstić information content (AvgIpc) is 2.72. The van der Waals surface area contributed by atoms with Crippen molar-refractivity contribution in [2.45, 2.75) is 46.1 Å². The molecule has 2 aliphatic heterocycles. The normalized spacial score (nSPS) is 17.0. The molecular formula is C22H22N2O5. The third kappa shape index (κ3) is 3.11. The summed E-state index contributed by atoms with van der Waals surface area (Å²) in [5.41, 5.74) is 8.50. The van der Waals surface area contributed by atoms with Crippen LogP contribution in [0.1, 0.15) is 58.0 Å². The third-order valence-corrected chi connectivity index (χ3v) is 5.54. The number of benzene rings is 2. The quantitative estimate of drug-likeness (QED) is 0.411. The number of rotatable bonds is 3. The predicted octanol–water partition coefficient (Wildman–Crippen LogP) is 3.45. The molecule has 0 amide bonds. The van der Waals surface area contributed by atoms with Crippen LogP contribution in [0.25, 0.3) is 22.6 Å². The fraction of sp³-hybridized carbons (Fsp3) is 0.364. The summed E-state index contributed by atoms with van der Waals surface area (Å²) in [6, 6.07) is 2.86. The van der Waals surface area contributed by atoms with E-state index in [-0.39, 0.29) is 34.0 Å². The summed E-state index contributed by atoms with van der Waals surface area (Å²) >= 11 is 0. The monoisotopic (exact) mass is 394 g/mol. The Bertz CT molecular complexity index is 1190. The number of ketones is 2. The minimum Gasteiger partial charge on any atom is -0.452 e. The topological polar surface area (TPSA) is 112 Å². The highest BCUT2D eigenvalue weighted by Crippen LogP contribution is 2.35. The minimum atomic E-state index is -0.605. The third-order valence-electron chi connectivity index (χ3n) is 5.54. The number of anilines is 1. The SMILES string of the molecule is CC(=O)c1cc(N)c(C)c2oc3c(C)c(=O)cc(C(=O)[C@@H]4CCCCO4)c-3nc12. The first-order valence-electron chi connectivity index (χ1n) is 9.63. The van der Waals surface area contributed by atoms with E-state index in [4.69, 9.17) is 14.9 Å². The molecule has 1 aromatic carbocycles. The number of fused-ring (bicyclic) bond motifs is 2. The van der Waals surface area contributed by atoms with E-state index in [2.05, 4.69) is 4.98 Å². The van der Waals surface area contributed by atoms with Crippen molar-refractivity contribution in [3.63, 3.8) is 0 Å². The number of nitrogens with zero attached hydrogens (tertiary/aromatic N) is 1. The number of carbonyl (C=O) groups is 2. The van der Waals surface area contributed by atoms with E-state index in [0.29, 0.717) is 46.5 Å². The highest BCUT2D eigenvalue weighted by Gasteiger charge is 2.30. The molecule has 150 valence electrons. The Morgan fingerprint density at radius 3 is 2.55 bits per heavy atom. The first-order chi connectivity index (χ1) is 13.8. The molecule has 3 aliphatic rings. The molecule has 0 aromatic heterocycles. The van der Waals surface area contributed by atoms with E-state index < -0.39 is 6.10 Å². The number of Topliss-reactive ketones (excluding diaryl/α,β-unsaturated/α-hetero) is 2. The molecule has 1 atom stereocenters. The van der Waals surface area contributed by atoms with Crippen molar-refractivity contribution in [2.24, 2.45) is 0 Å². The van der Waals surface area contributed by atoms with E-state index in [0.717, 1.165) is 12.8 Å². The zero-order valence-corrected chi connectivity index (χ0v) is 16.6. The van der Waals surface area contributed by atoms with Gasteiger partial charge in [-0.2, -0.15) is 0 Å². The summed E-state index contributed by atoms with van der Waals surface area (Å²) in [6.45, 7) is 5.32. The largest absolute Gasteiger partial charge is 0.452 e. The minimum absolute atomic E-state index is 0.164.